The molecule has 0 unspecified atom stereocenters. The number of carbonyl (C=O) groups is 4. The van der Waals surface area contributed by atoms with Crippen molar-refractivity contribution in [3.05, 3.63) is 12.2 Å². The summed E-state index contributed by atoms with van der Waals surface area (Å²) in [5.41, 5.74) is 0. The highest BCUT2D eigenvalue weighted by atomic mass is 16.7. The van der Waals surface area contributed by atoms with Gasteiger partial charge < -0.3 is 18.9 Å². The van der Waals surface area contributed by atoms with E-state index in [9.17, 15) is 19.2 Å². The Hall–Kier alpha value is -2.38. The summed E-state index contributed by atoms with van der Waals surface area (Å²) in [6.45, 7) is 0. The Bertz CT molecular complexity index is 297. The van der Waals surface area contributed by atoms with Crippen LogP contribution < -0.4 is 0 Å². The molecule has 0 amide bonds. The molecule has 0 N–H and O–H groups in total. The molecule has 0 aromatic rings. The lowest BCUT2D eigenvalue weighted by Gasteiger charge is -1.97. The van der Waals surface area contributed by atoms with Crippen molar-refractivity contribution in [3.8, 4) is 0 Å². The Kier molecular flexibility index (Phi) is 5.95. The molecule has 8 heteroatoms. The van der Waals surface area contributed by atoms with Crippen LogP contribution in [0.5, 0.6) is 0 Å². The molecule has 88 valence electrons. The van der Waals surface area contributed by atoms with Crippen molar-refractivity contribution in [2.75, 3.05) is 14.2 Å². The van der Waals surface area contributed by atoms with Gasteiger partial charge in [-0.2, -0.15) is 0 Å². The second kappa shape index (κ2) is 6.98. The number of hydrogen-bond acceptors (Lipinski definition) is 8. The minimum atomic E-state index is -1.23. The van der Waals surface area contributed by atoms with Crippen LogP contribution in [0.1, 0.15) is 0 Å². The fourth-order valence-corrected chi connectivity index (χ4v) is 0.452. The second-order valence-electron chi connectivity index (χ2n) is 2.08. The highest BCUT2D eigenvalue weighted by molar-refractivity contribution is 5.97. The lowest BCUT2D eigenvalue weighted by Crippen LogP contribution is -2.12. The number of rotatable bonds is 2. The minimum absolute atomic E-state index is 0.586. The fraction of sp³-hybridized carbons (Fsp3) is 0.250. The van der Waals surface area contributed by atoms with E-state index in [4.69, 9.17) is 0 Å². The van der Waals surface area contributed by atoms with Crippen molar-refractivity contribution < 1.29 is 38.1 Å². The van der Waals surface area contributed by atoms with Gasteiger partial charge in [-0.15, -0.1) is 0 Å². The van der Waals surface area contributed by atoms with Gasteiger partial charge in [0, 0.05) is 12.2 Å². The monoisotopic (exact) mass is 232 g/mol. The Morgan fingerprint density at radius 2 is 1.06 bits per heavy atom. The van der Waals surface area contributed by atoms with Crippen molar-refractivity contribution in [2.45, 2.75) is 0 Å². The quantitative estimate of drug-likeness (QED) is 0.376. The number of esters is 2. The van der Waals surface area contributed by atoms with E-state index in [2.05, 4.69) is 18.9 Å². The Morgan fingerprint density at radius 1 is 0.750 bits per heavy atom. The first-order valence-electron chi connectivity index (χ1n) is 3.77. The molecule has 0 saturated carbocycles. The Labute approximate surface area is 89.7 Å². The van der Waals surface area contributed by atoms with Gasteiger partial charge in [0.2, 0.25) is 0 Å². The summed E-state index contributed by atoms with van der Waals surface area (Å²) in [7, 11) is 2.01. The van der Waals surface area contributed by atoms with Crippen LogP contribution in [0.4, 0.5) is 9.59 Å². The molecule has 0 aliphatic heterocycles. The van der Waals surface area contributed by atoms with Crippen LogP contribution in [-0.4, -0.2) is 38.5 Å². The van der Waals surface area contributed by atoms with Gasteiger partial charge in [-0.3, -0.25) is 0 Å². The summed E-state index contributed by atoms with van der Waals surface area (Å²) in [4.78, 5) is 42.3. The first-order chi connectivity index (χ1) is 7.49. The highest BCUT2D eigenvalue weighted by Gasteiger charge is 2.09. The Balaban J connectivity index is 4.08. The third-order valence-corrected chi connectivity index (χ3v) is 1.06. The summed E-state index contributed by atoms with van der Waals surface area (Å²) >= 11 is 0. The molecule has 0 radical (unpaired) electrons. The summed E-state index contributed by atoms with van der Waals surface area (Å²) in [6.07, 6.45) is -1.28. The number of methoxy groups -OCH3 is 2. The third-order valence-electron chi connectivity index (χ3n) is 1.06. The molecule has 0 aromatic heterocycles. The molecule has 0 aliphatic rings. The van der Waals surface area contributed by atoms with E-state index >= 15 is 0 Å². The lowest BCUT2D eigenvalue weighted by atomic mass is 10.5. The van der Waals surface area contributed by atoms with Crippen molar-refractivity contribution in [2.24, 2.45) is 0 Å². The van der Waals surface area contributed by atoms with Gasteiger partial charge in [0.25, 0.3) is 0 Å². The van der Waals surface area contributed by atoms with Crippen molar-refractivity contribution >= 4 is 24.2 Å². The number of carbonyl (C=O) groups excluding carboxylic acids is 4. The zero-order valence-electron chi connectivity index (χ0n) is 8.42. The van der Waals surface area contributed by atoms with Crippen LogP contribution in [0.2, 0.25) is 0 Å². The van der Waals surface area contributed by atoms with Gasteiger partial charge in [0.1, 0.15) is 0 Å². The number of hydrogen-bond donors (Lipinski definition) is 0. The van der Waals surface area contributed by atoms with Crippen molar-refractivity contribution in [3.63, 3.8) is 0 Å². The molecule has 0 fully saturated rings. The zero-order valence-corrected chi connectivity index (χ0v) is 8.42. The van der Waals surface area contributed by atoms with Crippen LogP contribution in [0.15, 0.2) is 12.2 Å². The maximum atomic E-state index is 10.7. The molecule has 0 saturated heterocycles. The minimum Gasteiger partial charge on any atom is -0.437 e. The van der Waals surface area contributed by atoms with Gasteiger partial charge in [-0.25, -0.2) is 19.2 Å². The normalized spacial score (nSPS) is 9.38. The molecular formula is C8H8O8. The highest BCUT2D eigenvalue weighted by Crippen LogP contribution is 1.89. The first kappa shape index (κ1) is 13.6. The predicted molar refractivity (Wildman–Crippen MR) is 46.1 cm³/mol. The van der Waals surface area contributed by atoms with E-state index in [1.54, 1.807) is 0 Å². The zero-order chi connectivity index (χ0) is 12.6. The van der Waals surface area contributed by atoms with Crippen LogP contribution in [-0.2, 0) is 28.5 Å². The molecule has 0 atom stereocenters. The van der Waals surface area contributed by atoms with Crippen LogP contribution in [0, 0.1) is 0 Å². The van der Waals surface area contributed by atoms with E-state index in [1.807, 2.05) is 0 Å². The van der Waals surface area contributed by atoms with Crippen LogP contribution in [0.25, 0.3) is 0 Å². The molecule has 0 rings (SSSR count). The van der Waals surface area contributed by atoms with Crippen molar-refractivity contribution in [1.82, 2.24) is 0 Å². The average Bonchev–Trinajstić information content (AvgIpc) is 2.26. The van der Waals surface area contributed by atoms with E-state index in [-0.39, 0.29) is 0 Å². The van der Waals surface area contributed by atoms with Gasteiger partial charge in [0.05, 0.1) is 14.2 Å². The second-order valence-corrected chi connectivity index (χ2v) is 2.08. The third kappa shape index (κ3) is 6.13. The molecule has 8 nitrogen and oxygen atoms in total. The van der Waals surface area contributed by atoms with Crippen LogP contribution >= 0.6 is 0 Å². The predicted octanol–water partition coefficient (Wildman–Crippen LogP) is 0.162. The topological polar surface area (TPSA) is 105 Å². The molecule has 16 heavy (non-hydrogen) atoms. The van der Waals surface area contributed by atoms with Gasteiger partial charge >= 0.3 is 24.2 Å². The van der Waals surface area contributed by atoms with E-state index in [0.717, 1.165) is 14.2 Å². The molecular weight excluding hydrogens is 224 g/mol. The molecule has 0 aliphatic carbocycles. The summed E-state index contributed by atoms with van der Waals surface area (Å²) in [5, 5.41) is 0. The largest absolute Gasteiger partial charge is 0.516 e. The Morgan fingerprint density at radius 3 is 1.31 bits per heavy atom. The van der Waals surface area contributed by atoms with E-state index in [0.29, 0.717) is 12.2 Å². The smallest absolute Gasteiger partial charge is 0.437 e. The molecule has 0 spiro atoms. The van der Waals surface area contributed by atoms with E-state index in [1.165, 1.54) is 0 Å². The number of ether oxygens (including phenoxy) is 4. The lowest BCUT2D eigenvalue weighted by molar-refractivity contribution is -0.136. The molecule has 0 heterocycles. The maximum absolute atomic E-state index is 10.7. The SMILES string of the molecule is COC(=O)OC(=O)/C=C/C(=O)OC(=O)OC. The van der Waals surface area contributed by atoms with Gasteiger partial charge in [-0.05, 0) is 0 Å². The molecule has 0 aromatic carbocycles. The van der Waals surface area contributed by atoms with E-state index < -0.39 is 24.2 Å². The molecule has 0 bridgehead atoms. The van der Waals surface area contributed by atoms with Crippen LogP contribution in [0.3, 0.4) is 0 Å². The van der Waals surface area contributed by atoms with Gasteiger partial charge in [-0.1, -0.05) is 0 Å². The summed E-state index contributed by atoms with van der Waals surface area (Å²) in [6, 6.07) is 0. The standard InChI is InChI=1S/C8H8O8/c1-13-7(11)15-5(9)3-4-6(10)16-8(12)14-2/h3-4H,1-2H3/b4-3+. The summed E-state index contributed by atoms with van der Waals surface area (Å²) < 4.78 is 15.9. The summed E-state index contributed by atoms with van der Waals surface area (Å²) in [5.74, 6) is -2.29. The maximum Gasteiger partial charge on any atom is 0.516 e. The first-order valence-corrected chi connectivity index (χ1v) is 3.77. The van der Waals surface area contributed by atoms with Crippen molar-refractivity contribution in [1.29, 1.82) is 0 Å². The average molecular weight is 232 g/mol. The fourth-order valence-electron chi connectivity index (χ4n) is 0.452. The van der Waals surface area contributed by atoms with Gasteiger partial charge in [0.15, 0.2) is 0 Å².